The van der Waals surface area contributed by atoms with Crippen molar-refractivity contribution in [2.24, 2.45) is 5.73 Å². The van der Waals surface area contributed by atoms with E-state index in [0.717, 1.165) is 25.5 Å². The van der Waals surface area contributed by atoms with E-state index in [1.807, 2.05) is 6.20 Å². The predicted octanol–water partition coefficient (Wildman–Crippen LogP) is 1.93. The smallest absolute Gasteiger partial charge is 0.205 e. The van der Waals surface area contributed by atoms with E-state index in [1.54, 1.807) is 0 Å². The molecule has 0 spiro atoms. The third kappa shape index (κ3) is 2.18. The number of nitrogens with zero attached hydrogens (tertiary/aromatic N) is 3. The van der Waals surface area contributed by atoms with Gasteiger partial charge in [0.2, 0.25) is 5.95 Å². The molecule has 2 N–H and O–H groups in total. The SMILES string of the molecule is NC1CCN(c2nccn2C2CCCCC2)C1. The van der Waals surface area contributed by atoms with Gasteiger partial charge in [0.25, 0.3) is 0 Å². The van der Waals surface area contributed by atoms with E-state index in [4.69, 9.17) is 5.73 Å². The van der Waals surface area contributed by atoms with Crippen molar-refractivity contribution in [2.75, 3.05) is 18.0 Å². The lowest BCUT2D eigenvalue weighted by Gasteiger charge is -2.27. The van der Waals surface area contributed by atoms with Gasteiger partial charge in [-0.1, -0.05) is 19.3 Å². The van der Waals surface area contributed by atoms with Crippen molar-refractivity contribution in [1.82, 2.24) is 9.55 Å². The van der Waals surface area contributed by atoms with Gasteiger partial charge in [0.1, 0.15) is 0 Å². The maximum atomic E-state index is 5.98. The van der Waals surface area contributed by atoms with Gasteiger partial charge in [-0.15, -0.1) is 0 Å². The molecule has 2 fully saturated rings. The summed E-state index contributed by atoms with van der Waals surface area (Å²) in [7, 11) is 0. The van der Waals surface area contributed by atoms with Crippen LogP contribution < -0.4 is 10.6 Å². The van der Waals surface area contributed by atoms with Gasteiger partial charge in [-0.25, -0.2) is 4.98 Å². The summed E-state index contributed by atoms with van der Waals surface area (Å²) in [5, 5.41) is 0. The van der Waals surface area contributed by atoms with Crippen LogP contribution >= 0.6 is 0 Å². The number of aromatic nitrogens is 2. The zero-order valence-electron chi connectivity index (χ0n) is 10.4. The molecule has 2 aliphatic rings. The van der Waals surface area contributed by atoms with Crippen LogP contribution in [0.2, 0.25) is 0 Å². The molecule has 2 heterocycles. The molecule has 3 rings (SSSR count). The van der Waals surface area contributed by atoms with Gasteiger partial charge in [-0.3, -0.25) is 0 Å². The van der Waals surface area contributed by atoms with Gasteiger partial charge in [-0.2, -0.15) is 0 Å². The van der Waals surface area contributed by atoms with Gasteiger partial charge >= 0.3 is 0 Å². The lowest BCUT2D eigenvalue weighted by molar-refractivity contribution is 0.353. The first kappa shape index (κ1) is 11.1. The Hall–Kier alpha value is -1.03. The van der Waals surface area contributed by atoms with E-state index in [2.05, 4.69) is 20.6 Å². The normalized spacial score (nSPS) is 26.6. The highest BCUT2D eigenvalue weighted by Crippen LogP contribution is 2.31. The summed E-state index contributed by atoms with van der Waals surface area (Å²) in [4.78, 5) is 6.89. The van der Waals surface area contributed by atoms with Crippen molar-refractivity contribution in [3.8, 4) is 0 Å². The molecule has 1 unspecified atom stereocenters. The van der Waals surface area contributed by atoms with E-state index >= 15 is 0 Å². The van der Waals surface area contributed by atoms with Crippen molar-refractivity contribution in [3.05, 3.63) is 12.4 Å². The van der Waals surface area contributed by atoms with Crippen LogP contribution in [-0.2, 0) is 0 Å². The van der Waals surface area contributed by atoms with Crippen molar-refractivity contribution >= 4 is 5.95 Å². The molecule has 1 aromatic rings. The summed E-state index contributed by atoms with van der Waals surface area (Å²) in [6.45, 7) is 2.02. The Morgan fingerprint density at radius 1 is 1.18 bits per heavy atom. The number of hydrogen-bond donors (Lipinski definition) is 1. The number of hydrogen-bond acceptors (Lipinski definition) is 3. The fourth-order valence-corrected chi connectivity index (χ4v) is 3.16. The average molecular weight is 234 g/mol. The van der Waals surface area contributed by atoms with Crippen molar-refractivity contribution in [3.63, 3.8) is 0 Å². The first-order chi connectivity index (χ1) is 8.34. The third-order valence-corrected chi connectivity index (χ3v) is 4.12. The molecule has 0 amide bonds. The fraction of sp³-hybridized carbons (Fsp3) is 0.769. The van der Waals surface area contributed by atoms with Crippen molar-refractivity contribution in [1.29, 1.82) is 0 Å². The van der Waals surface area contributed by atoms with E-state index in [-0.39, 0.29) is 0 Å². The van der Waals surface area contributed by atoms with Crippen LogP contribution in [0.4, 0.5) is 5.95 Å². The molecule has 1 atom stereocenters. The van der Waals surface area contributed by atoms with Gasteiger partial charge in [0.15, 0.2) is 0 Å². The zero-order valence-corrected chi connectivity index (χ0v) is 10.4. The standard InChI is InChI=1S/C13H22N4/c14-11-6-8-16(10-11)13-15-7-9-17(13)12-4-2-1-3-5-12/h7,9,11-12H,1-6,8,10,14H2. The molecule has 4 heteroatoms. The first-order valence-electron chi connectivity index (χ1n) is 6.88. The Balaban J connectivity index is 1.78. The Morgan fingerprint density at radius 3 is 2.71 bits per heavy atom. The number of rotatable bonds is 2. The molecule has 0 bridgehead atoms. The molecule has 0 aromatic carbocycles. The topological polar surface area (TPSA) is 47.1 Å². The van der Waals surface area contributed by atoms with E-state index < -0.39 is 0 Å². The number of imidazole rings is 1. The lowest BCUT2D eigenvalue weighted by Crippen LogP contribution is -2.29. The lowest BCUT2D eigenvalue weighted by atomic mass is 9.95. The van der Waals surface area contributed by atoms with Crippen LogP contribution in [0.1, 0.15) is 44.6 Å². The first-order valence-corrected chi connectivity index (χ1v) is 6.88. The third-order valence-electron chi connectivity index (χ3n) is 4.12. The molecule has 1 aromatic heterocycles. The summed E-state index contributed by atoms with van der Waals surface area (Å²) >= 11 is 0. The Labute approximate surface area is 103 Å². The highest BCUT2D eigenvalue weighted by Gasteiger charge is 2.25. The second-order valence-electron chi connectivity index (χ2n) is 5.42. The summed E-state index contributed by atoms with van der Waals surface area (Å²) in [6.07, 6.45) is 11.9. The molecule has 17 heavy (non-hydrogen) atoms. The molecule has 4 nitrogen and oxygen atoms in total. The molecule has 94 valence electrons. The van der Waals surface area contributed by atoms with Crippen LogP contribution in [-0.4, -0.2) is 28.7 Å². The summed E-state index contributed by atoms with van der Waals surface area (Å²) in [6, 6.07) is 0.990. The zero-order chi connectivity index (χ0) is 11.7. The van der Waals surface area contributed by atoms with Crippen LogP contribution in [0.15, 0.2) is 12.4 Å². The Morgan fingerprint density at radius 2 is 2.00 bits per heavy atom. The molecule has 1 saturated carbocycles. The monoisotopic (exact) mass is 234 g/mol. The van der Waals surface area contributed by atoms with Crippen LogP contribution in [0.25, 0.3) is 0 Å². The van der Waals surface area contributed by atoms with E-state index in [9.17, 15) is 0 Å². The minimum atomic E-state index is 0.325. The van der Waals surface area contributed by atoms with Gasteiger partial charge in [0, 0.05) is 37.6 Å². The molecular formula is C13H22N4. The highest BCUT2D eigenvalue weighted by atomic mass is 15.3. The average Bonchev–Trinajstić information content (AvgIpc) is 2.98. The van der Waals surface area contributed by atoms with E-state index in [0.29, 0.717) is 12.1 Å². The highest BCUT2D eigenvalue weighted by molar-refractivity contribution is 5.34. The summed E-state index contributed by atoms with van der Waals surface area (Å²) < 4.78 is 2.39. The second kappa shape index (κ2) is 4.69. The summed E-state index contributed by atoms with van der Waals surface area (Å²) in [5.41, 5.74) is 5.98. The molecule has 1 aliphatic heterocycles. The van der Waals surface area contributed by atoms with Crippen molar-refractivity contribution < 1.29 is 0 Å². The minimum Gasteiger partial charge on any atom is -0.341 e. The fourth-order valence-electron chi connectivity index (χ4n) is 3.16. The number of nitrogens with two attached hydrogens (primary N) is 1. The maximum Gasteiger partial charge on any atom is 0.205 e. The predicted molar refractivity (Wildman–Crippen MR) is 69.2 cm³/mol. The van der Waals surface area contributed by atoms with Gasteiger partial charge < -0.3 is 15.2 Å². The van der Waals surface area contributed by atoms with Crippen LogP contribution in [0.5, 0.6) is 0 Å². The molecule has 0 radical (unpaired) electrons. The minimum absolute atomic E-state index is 0.325. The summed E-state index contributed by atoms with van der Waals surface area (Å²) in [5.74, 6) is 1.14. The number of anilines is 1. The largest absolute Gasteiger partial charge is 0.341 e. The van der Waals surface area contributed by atoms with Crippen LogP contribution in [0, 0.1) is 0 Å². The second-order valence-corrected chi connectivity index (χ2v) is 5.42. The molecular weight excluding hydrogens is 212 g/mol. The van der Waals surface area contributed by atoms with Crippen LogP contribution in [0.3, 0.4) is 0 Å². The Kier molecular flexibility index (Phi) is 3.05. The maximum absolute atomic E-state index is 5.98. The van der Waals surface area contributed by atoms with E-state index in [1.165, 1.54) is 32.1 Å². The van der Waals surface area contributed by atoms with Gasteiger partial charge in [-0.05, 0) is 19.3 Å². The quantitative estimate of drug-likeness (QED) is 0.850. The molecule has 1 saturated heterocycles. The Bertz CT molecular complexity index is 348. The molecule has 1 aliphatic carbocycles. The van der Waals surface area contributed by atoms with Gasteiger partial charge in [0.05, 0.1) is 0 Å². The van der Waals surface area contributed by atoms with Crippen molar-refractivity contribution in [2.45, 2.75) is 50.6 Å².